The summed E-state index contributed by atoms with van der Waals surface area (Å²) in [4.78, 5) is 10.4. The maximum atomic E-state index is 11.1. The number of phenolic OH excluding ortho intramolecular Hbond substituents is 1. The number of phenols is 1. The molecule has 0 aliphatic rings. The number of aromatic nitrogens is 2. The van der Waals surface area contributed by atoms with Crippen molar-refractivity contribution in [3.63, 3.8) is 0 Å². The molecule has 3 nitrogen and oxygen atoms in total. The van der Waals surface area contributed by atoms with E-state index in [1.807, 2.05) is 12.1 Å². The highest BCUT2D eigenvalue weighted by Gasteiger charge is 2.23. The van der Waals surface area contributed by atoms with E-state index in [2.05, 4.69) is 76.2 Å². The summed E-state index contributed by atoms with van der Waals surface area (Å²) in [5, 5.41) is 16.6. The van der Waals surface area contributed by atoms with Crippen LogP contribution in [0.5, 0.6) is 5.75 Å². The Labute approximate surface area is 208 Å². The van der Waals surface area contributed by atoms with Gasteiger partial charge in [0.15, 0.2) is 0 Å². The zero-order chi connectivity index (χ0) is 24.2. The number of fused-ring (bicyclic) bond motifs is 4. The second-order valence-corrected chi connectivity index (χ2v) is 12.3. The van der Waals surface area contributed by atoms with Crippen molar-refractivity contribution >= 4 is 58.6 Å². The topological polar surface area (TPSA) is 46.0 Å². The standard InChI is InChI=1S/C29H30N2OS2/c1-7-17(12-16(2)3)23-21(32)8-9-22-24(23)25-26(30-15-31-28(25)34-22)19-13-18-10-11-33-27(18)20(14-19)29(4,5)6/h7-11,13-16,32H,12H2,1-6H3/b17-7+. The third-order valence-corrected chi connectivity index (χ3v) is 8.37. The van der Waals surface area contributed by atoms with Gasteiger partial charge in [-0.2, -0.15) is 0 Å². The average Bonchev–Trinajstić information content (AvgIpc) is 3.40. The number of benzene rings is 2. The van der Waals surface area contributed by atoms with Crippen LogP contribution in [0, 0.1) is 5.92 Å². The number of hydrogen-bond acceptors (Lipinski definition) is 5. The highest BCUT2D eigenvalue weighted by Crippen LogP contribution is 2.46. The summed E-state index contributed by atoms with van der Waals surface area (Å²) in [6.07, 6.45) is 4.71. The lowest BCUT2D eigenvalue weighted by Gasteiger charge is -2.21. The van der Waals surface area contributed by atoms with Crippen molar-refractivity contribution in [1.82, 2.24) is 9.97 Å². The van der Waals surface area contributed by atoms with E-state index in [-0.39, 0.29) is 5.41 Å². The lowest BCUT2D eigenvalue weighted by atomic mass is 9.84. The van der Waals surface area contributed by atoms with Crippen LogP contribution in [0.1, 0.15) is 59.1 Å². The first-order valence-corrected chi connectivity index (χ1v) is 13.5. The van der Waals surface area contributed by atoms with Crippen molar-refractivity contribution in [2.75, 3.05) is 0 Å². The second-order valence-electron chi connectivity index (χ2n) is 10.4. The molecular formula is C29H30N2OS2. The van der Waals surface area contributed by atoms with Gasteiger partial charge in [0.25, 0.3) is 0 Å². The number of rotatable bonds is 4. The Bertz CT molecular complexity index is 1560. The fraction of sp³-hybridized carbons (Fsp3) is 0.310. The smallest absolute Gasteiger partial charge is 0.128 e. The minimum Gasteiger partial charge on any atom is -0.507 e. The highest BCUT2D eigenvalue weighted by atomic mass is 32.1. The van der Waals surface area contributed by atoms with Gasteiger partial charge in [-0.1, -0.05) is 40.7 Å². The van der Waals surface area contributed by atoms with Crippen LogP contribution < -0.4 is 0 Å². The second kappa shape index (κ2) is 8.47. The summed E-state index contributed by atoms with van der Waals surface area (Å²) >= 11 is 3.47. The number of aromatic hydroxyl groups is 1. The first-order valence-electron chi connectivity index (χ1n) is 11.8. The molecule has 0 saturated heterocycles. The summed E-state index contributed by atoms with van der Waals surface area (Å²) in [7, 11) is 0. The molecule has 5 heteroatoms. The molecule has 3 heterocycles. The summed E-state index contributed by atoms with van der Waals surface area (Å²) in [6.45, 7) is 13.3. The Morgan fingerprint density at radius 2 is 1.88 bits per heavy atom. The van der Waals surface area contributed by atoms with Gasteiger partial charge in [0, 0.05) is 31.3 Å². The lowest BCUT2D eigenvalue weighted by Crippen LogP contribution is -2.11. The van der Waals surface area contributed by atoms with Gasteiger partial charge < -0.3 is 5.11 Å². The highest BCUT2D eigenvalue weighted by molar-refractivity contribution is 7.25. The molecule has 5 rings (SSSR count). The monoisotopic (exact) mass is 486 g/mol. The Kier molecular flexibility index (Phi) is 5.73. The van der Waals surface area contributed by atoms with Gasteiger partial charge in [-0.15, -0.1) is 22.7 Å². The summed E-state index contributed by atoms with van der Waals surface area (Å²) in [5.74, 6) is 0.802. The molecule has 0 spiro atoms. The van der Waals surface area contributed by atoms with E-state index < -0.39 is 0 Å². The van der Waals surface area contributed by atoms with Crippen LogP contribution in [-0.4, -0.2) is 15.1 Å². The summed E-state index contributed by atoms with van der Waals surface area (Å²) in [6, 6.07) is 10.6. The molecule has 2 aromatic carbocycles. The van der Waals surface area contributed by atoms with Gasteiger partial charge in [-0.25, -0.2) is 9.97 Å². The minimum absolute atomic E-state index is 0.0147. The first-order chi connectivity index (χ1) is 16.2. The lowest BCUT2D eigenvalue weighted by molar-refractivity contribution is 0.474. The molecule has 0 amide bonds. The van der Waals surface area contributed by atoms with Gasteiger partial charge in [-0.3, -0.25) is 0 Å². The molecule has 0 aliphatic heterocycles. The molecule has 0 saturated carbocycles. The zero-order valence-corrected chi connectivity index (χ0v) is 22.2. The molecule has 0 atom stereocenters. The number of hydrogen-bond donors (Lipinski definition) is 1. The van der Waals surface area contributed by atoms with Gasteiger partial charge in [0.2, 0.25) is 0 Å². The minimum atomic E-state index is 0.0147. The van der Waals surface area contributed by atoms with E-state index in [9.17, 15) is 5.11 Å². The van der Waals surface area contributed by atoms with Crippen LogP contribution in [0.3, 0.4) is 0 Å². The van der Waals surface area contributed by atoms with Gasteiger partial charge in [-0.05, 0) is 76.9 Å². The van der Waals surface area contributed by atoms with Crippen molar-refractivity contribution in [3.8, 4) is 17.0 Å². The van der Waals surface area contributed by atoms with Gasteiger partial charge >= 0.3 is 0 Å². The molecule has 0 fully saturated rings. The van der Waals surface area contributed by atoms with E-state index in [1.165, 1.54) is 15.6 Å². The Balaban J connectivity index is 1.88. The van der Waals surface area contributed by atoms with Crippen LogP contribution in [-0.2, 0) is 5.41 Å². The first kappa shape index (κ1) is 23.0. The van der Waals surface area contributed by atoms with Crippen molar-refractivity contribution in [2.45, 2.75) is 53.4 Å². The van der Waals surface area contributed by atoms with Crippen molar-refractivity contribution in [1.29, 1.82) is 0 Å². The molecular weight excluding hydrogens is 456 g/mol. The van der Waals surface area contributed by atoms with Crippen LogP contribution in [0.15, 0.2) is 48.1 Å². The van der Waals surface area contributed by atoms with Crippen LogP contribution >= 0.6 is 22.7 Å². The quantitative estimate of drug-likeness (QED) is 0.275. The SMILES string of the molecule is C/C=C(\CC(C)C)c1c(O)ccc2sc3ncnc(-c4cc(C(C)(C)C)c5sccc5c4)c3c12. The predicted octanol–water partition coefficient (Wildman–Crippen LogP) is 9.18. The van der Waals surface area contributed by atoms with Crippen molar-refractivity contribution in [2.24, 2.45) is 5.92 Å². The van der Waals surface area contributed by atoms with Crippen LogP contribution in [0.2, 0.25) is 0 Å². The summed E-state index contributed by atoms with van der Waals surface area (Å²) < 4.78 is 2.46. The summed E-state index contributed by atoms with van der Waals surface area (Å²) in [5.41, 5.74) is 5.46. The Morgan fingerprint density at radius 3 is 2.59 bits per heavy atom. The van der Waals surface area contributed by atoms with E-state index >= 15 is 0 Å². The van der Waals surface area contributed by atoms with Crippen LogP contribution in [0.4, 0.5) is 0 Å². The molecule has 1 N–H and O–H groups in total. The maximum Gasteiger partial charge on any atom is 0.128 e. The molecule has 0 bridgehead atoms. The van der Waals surface area contributed by atoms with Crippen molar-refractivity contribution in [3.05, 3.63) is 59.2 Å². The molecule has 0 unspecified atom stereocenters. The number of nitrogens with zero attached hydrogens (tertiary/aromatic N) is 2. The molecule has 5 aromatic rings. The Hall–Kier alpha value is -2.76. The fourth-order valence-electron chi connectivity index (χ4n) is 4.81. The number of thiophene rings is 2. The molecule has 0 aliphatic carbocycles. The van der Waals surface area contributed by atoms with E-state index in [4.69, 9.17) is 4.98 Å². The molecule has 174 valence electrons. The number of allylic oxidation sites excluding steroid dienone is 2. The van der Waals surface area contributed by atoms with E-state index in [0.717, 1.165) is 49.1 Å². The molecule has 0 radical (unpaired) electrons. The van der Waals surface area contributed by atoms with Crippen molar-refractivity contribution < 1.29 is 5.11 Å². The predicted molar refractivity (Wildman–Crippen MR) is 149 cm³/mol. The maximum absolute atomic E-state index is 11.1. The van der Waals surface area contributed by atoms with E-state index in [1.54, 1.807) is 29.0 Å². The van der Waals surface area contributed by atoms with Crippen LogP contribution in [0.25, 0.3) is 47.2 Å². The average molecular weight is 487 g/mol. The van der Waals surface area contributed by atoms with Gasteiger partial charge in [0.05, 0.1) is 5.69 Å². The third kappa shape index (κ3) is 3.81. The van der Waals surface area contributed by atoms with Gasteiger partial charge in [0.1, 0.15) is 16.9 Å². The molecule has 34 heavy (non-hydrogen) atoms. The third-order valence-electron chi connectivity index (χ3n) is 6.34. The largest absolute Gasteiger partial charge is 0.507 e. The Morgan fingerprint density at radius 1 is 1.09 bits per heavy atom. The molecule has 3 aromatic heterocycles. The normalized spacial score (nSPS) is 13.1. The fourth-order valence-corrected chi connectivity index (χ4v) is 6.96. The van der Waals surface area contributed by atoms with E-state index in [0.29, 0.717) is 11.7 Å². The zero-order valence-electron chi connectivity index (χ0n) is 20.6.